The number of carbonyl (C=O) groups excluding carboxylic acids is 2. The van der Waals surface area contributed by atoms with E-state index in [9.17, 15) is 9.59 Å². The van der Waals surface area contributed by atoms with E-state index in [0.29, 0.717) is 26.1 Å². The second-order valence-electron chi connectivity index (χ2n) is 7.12. The molecule has 2 aromatic rings. The summed E-state index contributed by atoms with van der Waals surface area (Å²) < 4.78 is 5.82. The Morgan fingerprint density at radius 3 is 3.07 bits per heavy atom. The van der Waals surface area contributed by atoms with Crippen LogP contribution >= 0.6 is 11.3 Å². The van der Waals surface area contributed by atoms with Crippen LogP contribution in [0.3, 0.4) is 0 Å². The second-order valence-corrected chi connectivity index (χ2v) is 8.10. The Morgan fingerprint density at radius 1 is 1.36 bits per heavy atom. The highest BCUT2D eigenvalue weighted by Crippen LogP contribution is 2.31. The molecule has 4 heterocycles. The molecule has 2 aliphatic heterocycles. The number of rotatable bonds is 5. The zero-order chi connectivity index (χ0) is 19.3. The monoisotopic (exact) mass is 397 g/mol. The zero-order valence-corrected chi connectivity index (χ0v) is 16.3. The lowest BCUT2D eigenvalue weighted by Crippen LogP contribution is -2.54. The van der Waals surface area contributed by atoms with Crippen LogP contribution in [-0.4, -0.2) is 47.0 Å². The van der Waals surface area contributed by atoms with Crippen LogP contribution in [0.2, 0.25) is 0 Å². The smallest absolute Gasteiger partial charge is 0.246 e. The Bertz CT molecular complexity index is 838. The predicted molar refractivity (Wildman–Crippen MR) is 107 cm³/mol. The number of nitrogens with zero attached hydrogens (tertiary/aromatic N) is 2. The maximum absolute atomic E-state index is 12.8. The lowest BCUT2D eigenvalue weighted by atomic mass is 9.89. The Balaban J connectivity index is 1.41. The van der Waals surface area contributed by atoms with Gasteiger partial charge in [0.15, 0.2) is 0 Å². The number of nitrogens with one attached hydrogen (secondary N) is 1. The van der Waals surface area contributed by atoms with Crippen molar-refractivity contribution < 1.29 is 14.3 Å². The van der Waals surface area contributed by atoms with Gasteiger partial charge in [0.05, 0.1) is 18.1 Å². The van der Waals surface area contributed by atoms with Gasteiger partial charge in [0.1, 0.15) is 0 Å². The molecule has 3 atom stereocenters. The van der Waals surface area contributed by atoms with Crippen LogP contribution in [0.1, 0.15) is 23.3 Å². The van der Waals surface area contributed by atoms with E-state index in [1.165, 1.54) is 0 Å². The van der Waals surface area contributed by atoms with Gasteiger partial charge in [-0.05, 0) is 42.0 Å². The van der Waals surface area contributed by atoms with Crippen LogP contribution in [0.5, 0.6) is 0 Å². The van der Waals surface area contributed by atoms with E-state index in [2.05, 4.69) is 10.3 Å². The van der Waals surface area contributed by atoms with Gasteiger partial charge in [0, 0.05) is 43.0 Å². The first-order valence-electron chi connectivity index (χ1n) is 9.51. The quantitative estimate of drug-likeness (QED) is 0.787. The van der Waals surface area contributed by atoms with Crippen molar-refractivity contribution in [2.24, 2.45) is 5.92 Å². The molecule has 2 fully saturated rings. The van der Waals surface area contributed by atoms with Crippen molar-refractivity contribution in [3.8, 4) is 0 Å². The predicted octanol–water partition coefficient (Wildman–Crippen LogP) is 2.48. The molecule has 0 bridgehead atoms. The molecule has 0 spiro atoms. The number of ether oxygens (including phenoxy) is 1. The first-order valence-corrected chi connectivity index (χ1v) is 10.4. The molecule has 7 heteroatoms. The molecule has 0 saturated carbocycles. The number of hydrogen-bond donors (Lipinski definition) is 1. The molecule has 146 valence electrons. The summed E-state index contributed by atoms with van der Waals surface area (Å²) >= 11 is 1.59. The maximum Gasteiger partial charge on any atom is 0.246 e. The highest BCUT2D eigenvalue weighted by Gasteiger charge is 2.43. The van der Waals surface area contributed by atoms with Gasteiger partial charge in [0.25, 0.3) is 0 Å². The molecule has 1 N–H and O–H groups in total. The number of aromatic nitrogens is 1. The fourth-order valence-electron chi connectivity index (χ4n) is 3.86. The summed E-state index contributed by atoms with van der Waals surface area (Å²) in [6, 6.07) is 7.76. The van der Waals surface area contributed by atoms with Gasteiger partial charge in [-0.15, -0.1) is 11.3 Å². The average Bonchev–Trinajstić information content (AvgIpc) is 3.41. The van der Waals surface area contributed by atoms with Crippen molar-refractivity contribution in [3.63, 3.8) is 0 Å². The summed E-state index contributed by atoms with van der Waals surface area (Å²) in [5.41, 5.74) is 0.952. The van der Waals surface area contributed by atoms with Crippen LogP contribution in [0.15, 0.2) is 48.1 Å². The number of thiophene rings is 1. The summed E-state index contributed by atoms with van der Waals surface area (Å²) in [6.07, 6.45) is 8.30. The van der Waals surface area contributed by atoms with E-state index in [1.54, 1.807) is 29.8 Å². The van der Waals surface area contributed by atoms with Crippen molar-refractivity contribution >= 4 is 29.2 Å². The van der Waals surface area contributed by atoms with Crippen molar-refractivity contribution in [1.29, 1.82) is 0 Å². The van der Waals surface area contributed by atoms with Crippen LogP contribution < -0.4 is 5.32 Å². The van der Waals surface area contributed by atoms with Crippen molar-refractivity contribution in [2.45, 2.75) is 31.5 Å². The highest BCUT2D eigenvalue weighted by atomic mass is 32.1. The van der Waals surface area contributed by atoms with Crippen molar-refractivity contribution in [2.75, 3.05) is 13.2 Å². The van der Waals surface area contributed by atoms with Crippen LogP contribution in [0.4, 0.5) is 0 Å². The fraction of sp³-hybridized carbons (Fsp3) is 0.381. The molecule has 0 aliphatic carbocycles. The molecular formula is C21H23N3O3S. The number of piperidine rings is 1. The molecule has 0 radical (unpaired) electrons. The van der Waals surface area contributed by atoms with Crippen molar-refractivity contribution in [1.82, 2.24) is 15.2 Å². The summed E-state index contributed by atoms with van der Waals surface area (Å²) in [7, 11) is 0. The largest absolute Gasteiger partial charge is 0.376 e. The van der Waals surface area contributed by atoms with Gasteiger partial charge in [-0.25, -0.2) is 0 Å². The Kier molecular flexibility index (Phi) is 5.83. The molecule has 6 nitrogen and oxygen atoms in total. The molecule has 0 unspecified atom stereocenters. The van der Waals surface area contributed by atoms with Crippen LogP contribution in [0, 0.1) is 5.92 Å². The van der Waals surface area contributed by atoms with E-state index in [4.69, 9.17) is 4.74 Å². The first-order chi connectivity index (χ1) is 13.7. The second kappa shape index (κ2) is 8.67. The first kappa shape index (κ1) is 18.8. The van der Waals surface area contributed by atoms with Crippen molar-refractivity contribution in [3.05, 3.63) is 58.6 Å². The number of carbonyl (C=O) groups is 2. The van der Waals surface area contributed by atoms with Crippen LogP contribution in [0.25, 0.3) is 6.08 Å². The number of pyridine rings is 1. The van der Waals surface area contributed by atoms with E-state index in [-0.39, 0.29) is 29.9 Å². The Hall–Kier alpha value is -2.51. The van der Waals surface area contributed by atoms with Gasteiger partial charge < -0.3 is 15.0 Å². The van der Waals surface area contributed by atoms with Gasteiger partial charge in [0.2, 0.25) is 11.8 Å². The van der Waals surface area contributed by atoms with E-state index in [0.717, 1.165) is 16.9 Å². The molecular weight excluding hydrogens is 374 g/mol. The van der Waals surface area contributed by atoms with E-state index in [1.807, 2.05) is 40.6 Å². The Morgan fingerprint density at radius 2 is 2.29 bits per heavy atom. The standard InChI is InChI=1S/C21H23N3O3S/c25-20(6-5-17-4-2-10-28-17)24-14-16(11-19-18(24)7-9-27-19)21(26)23-13-15-3-1-8-22-12-15/h1-6,8,10,12,16,18-19H,7,9,11,13-14H2,(H,23,26)/b6-5+/t16-,18+,19+/m0/s1. The average molecular weight is 398 g/mol. The lowest BCUT2D eigenvalue weighted by molar-refractivity contribution is -0.138. The zero-order valence-electron chi connectivity index (χ0n) is 15.5. The summed E-state index contributed by atoms with van der Waals surface area (Å²) in [5, 5.41) is 4.95. The topological polar surface area (TPSA) is 71.5 Å². The normalized spacial score (nSPS) is 24.3. The third-order valence-corrected chi connectivity index (χ3v) is 6.12. The molecule has 2 aromatic heterocycles. The molecule has 2 saturated heterocycles. The van der Waals surface area contributed by atoms with Gasteiger partial charge in [-0.1, -0.05) is 12.1 Å². The summed E-state index contributed by atoms with van der Waals surface area (Å²) in [6.45, 7) is 1.50. The number of hydrogen-bond acceptors (Lipinski definition) is 5. The van der Waals surface area contributed by atoms with Gasteiger partial charge in [-0.2, -0.15) is 0 Å². The third kappa shape index (κ3) is 4.31. The molecule has 2 aliphatic rings. The van der Waals surface area contributed by atoms with E-state index >= 15 is 0 Å². The minimum absolute atomic E-state index is 0.0437. The molecule has 4 rings (SSSR count). The number of fused-ring (bicyclic) bond motifs is 1. The number of amides is 2. The number of likely N-dealkylation sites (tertiary alicyclic amines) is 1. The maximum atomic E-state index is 12.8. The Labute approximate surface area is 168 Å². The van der Waals surface area contributed by atoms with Gasteiger partial charge in [-0.3, -0.25) is 14.6 Å². The third-order valence-electron chi connectivity index (χ3n) is 5.29. The minimum atomic E-state index is -0.268. The minimum Gasteiger partial charge on any atom is -0.376 e. The summed E-state index contributed by atoms with van der Waals surface area (Å²) in [4.78, 5) is 32.5. The van der Waals surface area contributed by atoms with E-state index < -0.39 is 0 Å². The summed E-state index contributed by atoms with van der Waals surface area (Å²) in [5.74, 6) is -0.369. The fourth-order valence-corrected chi connectivity index (χ4v) is 4.48. The lowest BCUT2D eigenvalue weighted by Gasteiger charge is -2.39. The highest BCUT2D eigenvalue weighted by molar-refractivity contribution is 7.10. The SMILES string of the molecule is O=C(NCc1cccnc1)[C@H]1C[C@H]2OCC[C@H]2N(C(=O)/C=C/c2cccs2)C1. The molecule has 0 aromatic carbocycles. The molecule has 28 heavy (non-hydrogen) atoms. The molecule has 2 amide bonds. The van der Waals surface area contributed by atoms with Gasteiger partial charge >= 0.3 is 0 Å². The van der Waals surface area contributed by atoms with Crippen LogP contribution in [-0.2, 0) is 20.9 Å².